The molecule has 114 valence electrons. The third-order valence-corrected chi connectivity index (χ3v) is 3.91. The molecule has 0 aliphatic carbocycles. The Bertz CT molecular complexity index is 618. The first-order valence-electron chi connectivity index (χ1n) is 7.46. The first kappa shape index (κ1) is 15.5. The lowest BCUT2D eigenvalue weighted by molar-refractivity contribution is -0.124. The molecule has 2 unspecified atom stereocenters. The monoisotopic (exact) mass is 288 g/mol. The van der Waals surface area contributed by atoms with Crippen LogP contribution in [0.25, 0.3) is 11.0 Å². The first-order valence-corrected chi connectivity index (χ1v) is 7.46. The van der Waals surface area contributed by atoms with Gasteiger partial charge in [-0.1, -0.05) is 19.1 Å². The van der Waals surface area contributed by atoms with Crippen molar-refractivity contribution in [2.45, 2.75) is 39.8 Å². The van der Waals surface area contributed by atoms with Crippen LogP contribution >= 0.6 is 0 Å². The number of nitrogens with two attached hydrogens (primary N) is 1. The second-order valence-corrected chi connectivity index (χ2v) is 5.59. The molecular formula is C16H24N4O. The first-order chi connectivity index (χ1) is 10.0. The maximum Gasteiger partial charge on any atom is 0.224 e. The summed E-state index contributed by atoms with van der Waals surface area (Å²) in [5, 5.41) is 2.94. The fraction of sp³-hybridized carbons (Fsp3) is 0.500. The average Bonchev–Trinajstić information content (AvgIpc) is 2.78. The highest BCUT2D eigenvalue weighted by molar-refractivity contribution is 5.79. The molecule has 5 heteroatoms. The molecule has 1 aromatic heterocycles. The van der Waals surface area contributed by atoms with Gasteiger partial charge in [-0.2, -0.15) is 0 Å². The maximum atomic E-state index is 11.8. The standard InChI is InChI=1S/C16H24N4O/c1-11(12(2)17)16(21)18-9-6-10-20-13(3)19-14-7-4-5-8-15(14)20/h4-5,7-8,11-12H,6,9-10,17H2,1-3H3,(H,18,21). The number of aromatic nitrogens is 2. The van der Waals surface area contributed by atoms with Gasteiger partial charge in [0.1, 0.15) is 5.82 Å². The van der Waals surface area contributed by atoms with E-state index in [2.05, 4.69) is 20.9 Å². The van der Waals surface area contributed by atoms with Crippen LogP contribution in [-0.2, 0) is 11.3 Å². The van der Waals surface area contributed by atoms with Crippen molar-refractivity contribution >= 4 is 16.9 Å². The Hall–Kier alpha value is -1.88. The second-order valence-electron chi connectivity index (χ2n) is 5.59. The molecule has 21 heavy (non-hydrogen) atoms. The zero-order chi connectivity index (χ0) is 15.4. The van der Waals surface area contributed by atoms with Crippen molar-refractivity contribution in [3.63, 3.8) is 0 Å². The van der Waals surface area contributed by atoms with E-state index in [1.54, 1.807) is 0 Å². The van der Waals surface area contributed by atoms with Gasteiger partial charge in [0.15, 0.2) is 0 Å². The zero-order valence-corrected chi connectivity index (χ0v) is 13.0. The minimum atomic E-state index is -0.152. The lowest BCUT2D eigenvalue weighted by Gasteiger charge is -2.15. The van der Waals surface area contributed by atoms with Crippen molar-refractivity contribution in [3.8, 4) is 0 Å². The second kappa shape index (κ2) is 6.72. The summed E-state index contributed by atoms with van der Waals surface area (Å²) in [4.78, 5) is 16.4. The fourth-order valence-corrected chi connectivity index (χ4v) is 2.33. The molecule has 0 aliphatic heterocycles. The van der Waals surface area contributed by atoms with E-state index in [9.17, 15) is 4.79 Å². The van der Waals surface area contributed by atoms with Crippen LogP contribution in [0, 0.1) is 12.8 Å². The highest BCUT2D eigenvalue weighted by Crippen LogP contribution is 2.15. The topological polar surface area (TPSA) is 72.9 Å². The number of hydrogen-bond donors (Lipinski definition) is 2. The summed E-state index contributed by atoms with van der Waals surface area (Å²) in [6.07, 6.45) is 0.874. The number of carbonyl (C=O) groups is 1. The van der Waals surface area contributed by atoms with Gasteiger partial charge in [0.05, 0.1) is 11.0 Å². The fourth-order valence-electron chi connectivity index (χ4n) is 2.33. The number of nitrogens with one attached hydrogen (secondary N) is 1. The van der Waals surface area contributed by atoms with Crippen LogP contribution in [0.4, 0.5) is 0 Å². The Labute approximate surface area is 125 Å². The van der Waals surface area contributed by atoms with Crippen LogP contribution in [0.15, 0.2) is 24.3 Å². The van der Waals surface area contributed by atoms with Gasteiger partial charge in [0, 0.05) is 25.0 Å². The van der Waals surface area contributed by atoms with Crippen LogP contribution in [0.1, 0.15) is 26.1 Å². The third-order valence-electron chi connectivity index (χ3n) is 3.91. The molecule has 1 heterocycles. The molecule has 0 fully saturated rings. The summed E-state index contributed by atoms with van der Waals surface area (Å²) < 4.78 is 2.19. The number of carbonyl (C=O) groups excluding carboxylic acids is 1. The van der Waals surface area contributed by atoms with E-state index >= 15 is 0 Å². The van der Waals surface area contributed by atoms with Gasteiger partial charge in [0.25, 0.3) is 0 Å². The normalized spacial score (nSPS) is 14.1. The summed E-state index contributed by atoms with van der Waals surface area (Å²) in [5.41, 5.74) is 7.89. The Kier molecular flexibility index (Phi) is 4.96. The van der Waals surface area contributed by atoms with Crippen molar-refractivity contribution in [2.75, 3.05) is 6.54 Å². The van der Waals surface area contributed by atoms with E-state index in [-0.39, 0.29) is 17.9 Å². The summed E-state index contributed by atoms with van der Waals surface area (Å²) in [5.74, 6) is 0.879. The molecule has 1 amide bonds. The molecule has 0 saturated heterocycles. The third kappa shape index (κ3) is 3.61. The minimum absolute atomic E-state index is 0.0252. The Morgan fingerprint density at radius 3 is 2.81 bits per heavy atom. The number of nitrogens with zero attached hydrogens (tertiary/aromatic N) is 2. The molecule has 2 rings (SSSR count). The number of hydrogen-bond acceptors (Lipinski definition) is 3. The van der Waals surface area contributed by atoms with Crippen molar-refractivity contribution in [1.29, 1.82) is 0 Å². The van der Waals surface area contributed by atoms with E-state index < -0.39 is 0 Å². The predicted molar refractivity (Wildman–Crippen MR) is 84.9 cm³/mol. The van der Waals surface area contributed by atoms with Crippen LogP contribution in [0.2, 0.25) is 0 Å². The SMILES string of the molecule is Cc1nc2ccccc2n1CCCNC(=O)C(C)C(C)N. The van der Waals surface area contributed by atoms with E-state index in [4.69, 9.17) is 5.73 Å². The van der Waals surface area contributed by atoms with Crippen molar-refractivity contribution < 1.29 is 4.79 Å². The van der Waals surface area contributed by atoms with Crippen molar-refractivity contribution in [2.24, 2.45) is 11.7 Å². The Morgan fingerprint density at radius 2 is 2.10 bits per heavy atom. The average molecular weight is 288 g/mol. The lowest BCUT2D eigenvalue weighted by Crippen LogP contribution is -2.39. The molecule has 0 aliphatic rings. The summed E-state index contributed by atoms with van der Waals surface area (Å²) in [6.45, 7) is 7.22. The van der Waals surface area contributed by atoms with E-state index in [0.717, 1.165) is 29.8 Å². The van der Waals surface area contributed by atoms with E-state index in [0.29, 0.717) is 6.54 Å². The summed E-state index contributed by atoms with van der Waals surface area (Å²) in [6, 6.07) is 7.99. The van der Waals surface area contributed by atoms with Crippen LogP contribution < -0.4 is 11.1 Å². The molecule has 0 radical (unpaired) electrons. The molecule has 0 spiro atoms. The molecule has 0 bridgehead atoms. The number of amides is 1. The van der Waals surface area contributed by atoms with Gasteiger partial charge in [0.2, 0.25) is 5.91 Å². The number of benzene rings is 1. The molecule has 1 aromatic carbocycles. The highest BCUT2D eigenvalue weighted by atomic mass is 16.1. The lowest BCUT2D eigenvalue weighted by atomic mass is 10.0. The quantitative estimate of drug-likeness (QED) is 0.797. The largest absolute Gasteiger partial charge is 0.356 e. The summed E-state index contributed by atoms with van der Waals surface area (Å²) in [7, 11) is 0. The summed E-state index contributed by atoms with van der Waals surface area (Å²) >= 11 is 0. The van der Waals surface area contributed by atoms with E-state index in [1.807, 2.05) is 39.0 Å². The Balaban J connectivity index is 1.88. The number of fused-ring (bicyclic) bond motifs is 1. The number of para-hydroxylation sites is 2. The highest BCUT2D eigenvalue weighted by Gasteiger charge is 2.16. The van der Waals surface area contributed by atoms with Crippen molar-refractivity contribution in [1.82, 2.24) is 14.9 Å². The molecule has 5 nitrogen and oxygen atoms in total. The smallest absolute Gasteiger partial charge is 0.224 e. The molecule has 2 atom stereocenters. The van der Waals surface area contributed by atoms with Gasteiger partial charge in [-0.25, -0.2) is 4.98 Å². The van der Waals surface area contributed by atoms with Crippen LogP contribution in [0.3, 0.4) is 0 Å². The number of imidazole rings is 1. The van der Waals surface area contributed by atoms with Crippen LogP contribution in [0.5, 0.6) is 0 Å². The van der Waals surface area contributed by atoms with Gasteiger partial charge in [-0.3, -0.25) is 4.79 Å². The van der Waals surface area contributed by atoms with Gasteiger partial charge >= 0.3 is 0 Å². The number of aryl methyl sites for hydroxylation is 2. The van der Waals surface area contributed by atoms with Gasteiger partial charge in [-0.05, 0) is 32.4 Å². The Morgan fingerprint density at radius 1 is 1.38 bits per heavy atom. The molecule has 3 N–H and O–H groups in total. The van der Waals surface area contributed by atoms with Gasteiger partial charge < -0.3 is 15.6 Å². The van der Waals surface area contributed by atoms with E-state index in [1.165, 1.54) is 0 Å². The minimum Gasteiger partial charge on any atom is -0.356 e. The molecular weight excluding hydrogens is 264 g/mol. The van der Waals surface area contributed by atoms with Crippen LogP contribution in [-0.4, -0.2) is 28.0 Å². The number of rotatable bonds is 6. The maximum absolute atomic E-state index is 11.8. The molecule has 0 saturated carbocycles. The van der Waals surface area contributed by atoms with Gasteiger partial charge in [-0.15, -0.1) is 0 Å². The molecule has 2 aromatic rings. The predicted octanol–water partition coefficient (Wildman–Crippen LogP) is 1.83. The van der Waals surface area contributed by atoms with Crippen molar-refractivity contribution in [3.05, 3.63) is 30.1 Å². The zero-order valence-electron chi connectivity index (χ0n) is 13.0.